The number of rotatable bonds is 11. The lowest BCUT2D eigenvalue weighted by Crippen LogP contribution is -2.54. The lowest BCUT2D eigenvalue weighted by atomic mass is 9.72. The number of aliphatic hydroxyl groups excluding tert-OH is 1. The van der Waals surface area contributed by atoms with Gasteiger partial charge in [0.1, 0.15) is 6.10 Å². The number of benzene rings is 2. The summed E-state index contributed by atoms with van der Waals surface area (Å²) in [5.41, 5.74) is 1.22. The van der Waals surface area contributed by atoms with Crippen LogP contribution in [0.5, 0.6) is 34.5 Å². The zero-order chi connectivity index (χ0) is 32.7. The summed E-state index contributed by atoms with van der Waals surface area (Å²) in [7, 11) is 3.53. The van der Waals surface area contributed by atoms with Crippen molar-refractivity contribution in [2.24, 2.45) is 5.92 Å². The van der Waals surface area contributed by atoms with E-state index in [0.717, 1.165) is 0 Å². The molecule has 0 saturated carbocycles. The predicted molar refractivity (Wildman–Crippen MR) is 170 cm³/mol. The third kappa shape index (κ3) is 5.30. The molecule has 0 fully saturated rings. The molecule has 4 atom stereocenters. The monoisotopic (exact) mass is 634 g/mol. The lowest BCUT2D eigenvalue weighted by Gasteiger charge is -2.50. The molecule has 0 bridgehead atoms. The molecule has 44 heavy (non-hydrogen) atoms. The Bertz CT molecular complexity index is 1320. The Morgan fingerprint density at radius 3 is 1.98 bits per heavy atom. The van der Waals surface area contributed by atoms with Crippen molar-refractivity contribution < 1.29 is 47.8 Å². The molecule has 246 valence electrons. The van der Waals surface area contributed by atoms with E-state index in [2.05, 4.69) is 41.5 Å². The topological polar surface area (TPSA) is 114 Å². The fourth-order valence-corrected chi connectivity index (χ4v) is 12.9. The van der Waals surface area contributed by atoms with Gasteiger partial charge in [-0.25, -0.2) is 0 Å². The molecule has 1 aliphatic carbocycles. The number of fused-ring (bicyclic) bond motifs is 4. The predicted octanol–water partition coefficient (Wildman–Crippen LogP) is 6.76. The molecule has 4 rings (SSSR count). The Morgan fingerprint density at radius 2 is 1.45 bits per heavy atom. The molecule has 2 aliphatic rings. The average Bonchev–Trinajstić information content (AvgIpc) is 3.45. The highest BCUT2D eigenvalue weighted by Gasteiger charge is 2.54. The molecule has 0 radical (unpaired) electrons. The van der Waals surface area contributed by atoms with E-state index in [1.807, 2.05) is 13.0 Å². The maximum Gasteiger partial charge on any atom is 0.231 e. The van der Waals surface area contributed by atoms with Crippen LogP contribution in [0.3, 0.4) is 0 Å². The summed E-state index contributed by atoms with van der Waals surface area (Å²) in [4.78, 5) is 0. The minimum absolute atomic E-state index is 0.0160. The van der Waals surface area contributed by atoms with Crippen LogP contribution in [0.25, 0.3) is 11.1 Å². The van der Waals surface area contributed by atoms with E-state index in [4.69, 9.17) is 37.6 Å². The Labute approximate surface area is 262 Å². The molecule has 2 aromatic rings. The van der Waals surface area contributed by atoms with E-state index in [9.17, 15) is 10.2 Å². The van der Waals surface area contributed by atoms with Crippen LogP contribution in [0.1, 0.15) is 78.7 Å². The van der Waals surface area contributed by atoms with Gasteiger partial charge in [-0.3, -0.25) is 0 Å². The van der Waals surface area contributed by atoms with Crippen LogP contribution in [0.15, 0.2) is 12.1 Å². The standard InChI is InChI=1S/C33H50O10Si/c1-17(2)44(18(3)4,19(5)6)43-32-22-14-23(37-10)28(38-11)30(39-12)26(22)25-21(27(34)20(7)33(32,8)35)13-24-29(42-16-40-24)31(25)41-15-36-9/h13-14,17-20,27,32,34-35H,15-16H2,1-12H3/t20-,27+,32+,33-/m0/s1. The largest absolute Gasteiger partial charge is 0.493 e. The molecule has 0 unspecified atom stereocenters. The Balaban J connectivity index is 2.24. The van der Waals surface area contributed by atoms with Gasteiger partial charge in [0, 0.05) is 24.2 Å². The minimum Gasteiger partial charge on any atom is -0.493 e. The van der Waals surface area contributed by atoms with Crippen LogP contribution < -0.4 is 28.4 Å². The highest BCUT2D eigenvalue weighted by atomic mass is 28.4. The maximum atomic E-state index is 12.6. The fraction of sp³-hybridized carbons (Fsp3) is 0.636. The maximum absolute atomic E-state index is 12.6. The first kappa shape index (κ1) is 34.2. The molecule has 0 amide bonds. The molecule has 11 heteroatoms. The first-order valence-corrected chi connectivity index (χ1v) is 17.4. The van der Waals surface area contributed by atoms with Crippen molar-refractivity contribution in [3.8, 4) is 45.6 Å². The van der Waals surface area contributed by atoms with Crippen LogP contribution in [0, 0.1) is 5.92 Å². The molecule has 0 saturated heterocycles. The number of aliphatic hydroxyl groups is 2. The third-order valence-corrected chi connectivity index (χ3v) is 15.7. The van der Waals surface area contributed by atoms with Gasteiger partial charge in [-0.05, 0) is 46.8 Å². The van der Waals surface area contributed by atoms with Crippen molar-refractivity contribution in [3.63, 3.8) is 0 Å². The number of ether oxygens (including phenoxy) is 7. The van der Waals surface area contributed by atoms with Crippen LogP contribution in [0.4, 0.5) is 0 Å². The summed E-state index contributed by atoms with van der Waals surface area (Å²) < 4.78 is 48.4. The van der Waals surface area contributed by atoms with E-state index in [1.54, 1.807) is 27.2 Å². The summed E-state index contributed by atoms with van der Waals surface area (Å²) in [6, 6.07) is 3.58. The van der Waals surface area contributed by atoms with Crippen molar-refractivity contribution in [2.75, 3.05) is 42.0 Å². The van der Waals surface area contributed by atoms with Gasteiger partial charge in [0.2, 0.25) is 26.6 Å². The number of hydrogen-bond donors (Lipinski definition) is 2. The van der Waals surface area contributed by atoms with Crippen molar-refractivity contribution in [1.29, 1.82) is 0 Å². The number of hydrogen-bond acceptors (Lipinski definition) is 10. The smallest absolute Gasteiger partial charge is 0.231 e. The van der Waals surface area contributed by atoms with Crippen LogP contribution in [-0.4, -0.2) is 66.2 Å². The van der Waals surface area contributed by atoms with Crippen molar-refractivity contribution >= 4 is 8.32 Å². The Kier molecular flexibility index (Phi) is 10.1. The highest BCUT2D eigenvalue weighted by molar-refractivity contribution is 6.77. The lowest BCUT2D eigenvalue weighted by molar-refractivity contribution is -0.125. The van der Waals surface area contributed by atoms with Gasteiger partial charge in [-0.15, -0.1) is 0 Å². The van der Waals surface area contributed by atoms with Gasteiger partial charge >= 0.3 is 0 Å². The SMILES string of the molecule is COCOc1c2c(cc3c1-c1c(cc(OC)c(OC)c1OC)[C@@H](O[Si](C(C)C)(C(C)C)C(C)C)[C@@](C)(O)[C@@H](C)[C@H]3O)OCO2. The Hall–Kier alpha value is -2.70. The summed E-state index contributed by atoms with van der Waals surface area (Å²) in [5, 5.41) is 24.8. The molecule has 1 aliphatic heterocycles. The van der Waals surface area contributed by atoms with Crippen molar-refractivity contribution in [2.45, 2.75) is 89.8 Å². The summed E-state index contributed by atoms with van der Waals surface area (Å²) in [6.07, 6.45) is -2.06. The normalized spacial score (nSPS) is 22.9. The molecule has 0 aromatic heterocycles. The van der Waals surface area contributed by atoms with Crippen LogP contribution in [0.2, 0.25) is 16.6 Å². The Morgan fingerprint density at radius 1 is 0.864 bits per heavy atom. The van der Waals surface area contributed by atoms with Gasteiger partial charge in [0.25, 0.3) is 0 Å². The number of methoxy groups -OCH3 is 4. The van der Waals surface area contributed by atoms with E-state index in [-0.39, 0.29) is 30.2 Å². The summed E-state index contributed by atoms with van der Waals surface area (Å²) >= 11 is 0. The van der Waals surface area contributed by atoms with Crippen molar-refractivity contribution in [1.82, 2.24) is 0 Å². The van der Waals surface area contributed by atoms with Crippen molar-refractivity contribution in [3.05, 3.63) is 23.3 Å². The third-order valence-electron chi connectivity index (χ3n) is 9.64. The summed E-state index contributed by atoms with van der Waals surface area (Å²) in [6.45, 7) is 16.7. The zero-order valence-corrected chi connectivity index (χ0v) is 29.2. The first-order valence-electron chi connectivity index (χ1n) is 15.2. The second kappa shape index (κ2) is 13.0. The van der Waals surface area contributed by atoms with Gasteiger partial charge in [-0.2, -0.15) is 0 Å². The van der Waals surface area contributed by atoms with E-state index in [1.165, 1.54) is 14.2 Å². The zero-order valence-electron chi connectivity index (χ0n) is 28.2. The van der Waals surface area contributed by atoms with Gasteiger partial charge in [0.05, 0.1) is 33.0 Å². The molecule has 10 nitrogen and oxygen atoms in total. The second-order valence-corrected chi connectivity index (χ2v) is 18.2. The van der Waals surface area contributed by atoms with Gasteiger partial charge in [-0.1, -0.05) is 48.5 Å². The molecular weight excluding hydrogens is 584 g/mol. The molecular formula is C33H50O10Si. The molecule has 0 spiro atoms. The van der Waals surface area contributed by atoms with Crippen LogP contribution >= 0.6 is 0 Å². The minimum atomic E-state index is -2.63. The molecule has 2 aromatic carbocycles. The van der Waals surface area contributed by atoms with Gasteiger partial charge in [0.15, 0.2) is 29.8 Å². The first-order chi connectivity index (χ1) is 20.7. The van der Waals surface area contributed by atoms with E-state index in [0.29, 0.717) is 56.8 Å². The summed E-state index contributed by atoms with van der Waals surface area (Å²) in [5.74, 6) is 1.50. The van der Waals surface area contributed by atoms with Gasteiger partial charge < -0.3 is 47.8 Å². The average molecular weight is 635 g/mol. The molecule has 2 N–H and O–H groups in total. The molecule has 1 heterocycles. The fourth-order valence-electron chi connectivity index (χ4n) is 7.36. The van der Waals surface area contributed by atoms with E-state index >= 15 is 0 Å². The quantitative estimate of drug-likeness (QED) is 0.203. The van der Waals surface area contributed by atoms with Crippen LogP contribution in [-0.2, 0) is 9.16 Å². The second-order valence-electron chi connectivity index (χ2n) is 12.8. The van der Waals surface area contributed by atoms with E-state index < -0.39 is 32.0 Å². The highest BCUT2D eigenvalue weighted by Crippen LogP contribution is 2.62.